The highest BCUT2D eigenvalue weighted by Gasteiger charge is 2.56. The van der Waals surface area contributed by atoms with E-state index in [1.54, 1.807) is 31.2 Å². The highest BCUT2D eigenvalue weighted by atomic mass is 16.4. The van der Waals surface area contributed by atoms with Crippen LogP contribution in [-0.2, 0) is 16.1 Å². The smallest absolute Gasteiger partial charge is 0.352 e. The first-order chi connectivity index (χ1) is 12.3. The number of carbonyl (C=O) groups excluding carboxylic acids is 2. The Bertz CT molecular complexity index is 785. The Balaban J connectivity index is 1.83. The number of hydrogen-bond donors (Lipinski definition) is 4. The molecular weight excluding hydrogens is 338 g/mol. The predicted molar refractivity (Wildman–Crippen MR) is 92.7 cm³/mol. The van der Waals surface area contributed by atoms with Crippen molar-refractivity contribution in [3.63, 3.8) is 0 Å². The average Bonchev–Trinajstić information content (AvgIpc) is 2.95. The van der Waals surface area contributed by atoms with Crippen molar-refractivity contribution in [2.24, 2.45) is 5.92 Å². The van der Waals surface area contributed by atoms with Crippen molar-refractivity contribution in [2.75, 3.05) is 7.05 Å². The van der Waals surface area contributed by atoms with E-state index >= 15 is 0 Å². The highest BCUT2D eigenvalue weighted by molar-refractivity contribution is 6.06. The summed E-state index contributed by atoms with van der Waals surface area (Å²) in [4.78, 5) is 36.4. The topological polar surface area (TPSA) is 119 Å². The van der Waals surface area contributed by atoms with Gasteiger partial charge in [-0.2, -0.15) is 0 Å². The van der Waals surface area contributed by atoms with Gasteiger partial charge in [0, 0.05) is 13.6 Å². The number of carboxylic acid groups (broad SMARTS) is 1. The molecule has 138 valence electrons. The van der Waals surface area contributed by atoms with E-state index in [1.165, 1.54) is 11.9 Å². The van der Waals surface area contributed by atoms with Crippen molar-refractivity contribution < 1.29 is 24.6 Å². The highest BCUT2D eigenvalue weighted by Crippen LogP contribution is 2.46. The van der Waals surface area contributed by atoms with E-state index in [9.17, 15) is 24.6 Å². The van der Waals surface area contributed by atoms with Crippen molar-refractivity contribution in [3.05, 3.63) is 41.1 Å². The number of urea groups is 1. The van der Waals surface area contributed by atoms with E-state index in [4.69, 9.17) is 0 Å². The van der Waals surface area contributed by atoms with Crippen molar-refractivity contribution in [1.29, 1.82) is 0 Å². The van der Waals surface area contributed by atoms with Crippen molar-refractivity contribution >= 4 is 23.5 Å². The van der Waals surface area contributed by atoms with Gasteiger partial charge in [-0.3, -0.25) is 4.79 Å². The molecule has 3 rings (SSSR count). The van der Waals surface area contributed by atoms with Gasteiger partial charge in [-0.05, 0) is 30.0 Å². The Labute approximate surface area is 150 Å². The Hall–Kier alpha value is -2.87. The van der Waals surface area contributed by atoms with Gasteiger partial charge in [-0.25, -0.2) is 9.59 Å². The summed E-state index contributed by atoms with van der Waals surface area (Å²) in [5.41, 5.74) is 2.17. The summed E-state index contributed by atoms with van der Waals surface area (Å²) in [7, 11) is 1.53. The van der Waals surface area contributed by atoms with Crippen molar-refractivity contribution in [3.8, 4) is 0 Å². The third-order valence-corrected chi connectivity index (χ3v) is 4.91. The molecule has 0 aromatic heterocycles. The van der Waals surface area contributed by atoms with Crippen LogP contribution in [0.4, 0.5) is 4.79 Å². The second kappa shape index (κ2) is 6.80. The summed E-state index contributed by atoms with van der Waals surface area (Å²) in [6, 6.07) is 6.59. The first-order valence-corrected chi connectivity index (χ1v) is 8.37. The van der Waals surface area contributed by atoms with Crippen LogP contribution in [0.5, 0.6) is 0 Å². The zero-order valence-corrected chi connectivity index (χ0v) is 14.5. The molecule has 3 atom stereocenters. The van der Waals surface area contributed by atoms with E-state index in [0.717, 1.165) is 11.1 Å². The fourth-order valence-electron chi connectivity index (χ4n) is 3.62. The fourth-order valence-corrected chi connectivity index (χ4v) is 3.62. The average molecular weight is 359 g/mol. The maximum atomic E-state index is 12.2. The summed E-state index contributed by atoms with van der Waals surface area (Å²) in [6.07, 6.45) is -0.407. The van der Waals surface area contributed by atoms with Crippen molar-refractivity contribution in [2.45, 2.75) is 32.0 Å². The van der Waals surface area contributed by atoms with Crippen LogP contribution in [-0.4, -0.2) is 52.2 Å². The van der Waals surface area contributed by atoms with Crippen LogP contribution in [0.1, 0.15) is 24.5 Å². The number of nitrogens with zero attached hydrogens (tertiary/aromatic N) is 1. The van der Waals surface area contributed by atoms with E-state index in [1.807, 2.05) is 0 Å². The van der Waals surface area contributed by atoms with E-state index in [-0.39, 0.29) is 23.7 Å². The lowest BCUT2D eigenvalue weighted by Crippen LogP contribution is -2.61. The molecule has 1 unspecified atom stereocenters. The molecule has 2 aliphatic heterocycles. The zero-order valence-electron chi connectivity index (χ0n) is 14.5. The van der Waals surface area contributed by atoms with Crippen LogP contribution in [0.3, 0.4) is 0 Å². The van der Waals surface area contributed by atoms with Crippen LogP contribution in [0.25, 0.3) is 5.57 Å². The molecule has 2 aliphatic rings. The number of fused-ring (bicyclic) bond motifs is 1. The van der Waals surface area contributed by atoms with E-state index in [2.05, 4.69) is 10.6 Å². The minimum atomic E-state index is -1.15. The second-order valence-corrected chi connectivity index (χ2v) is 6.51. The second-order valence-electron chi connectivity index (χ2n) is 6.51. The lowest BCUT2D eigenvalue weighted by Gasteiger charge is -2.44. The minimum Gasteiger partial charge on any atom is -0.477 e. The number of carboxylic acids is 1. The number of aliphatic hydroxyl groups excluding tert-OH is 1. The molecule has 0 saturated carbocycles. The molecule has 0 bridgehead atoms. The molecule has 1 aromatic rings. The SMILES string of the molecule is CNC(=O)NCc1ccc(C2=C(C(=O)O)N3C(=O)C([C@@H](C)O)[C@H]3C2)cc1. The molecule has 8 heteroatoms. The van der Waals surface area contributed by atoms with Crippen LogP contribution >= 0.6 is 0 Å². The quantitative estimate of drug-likeness (QED) is 0.572. The number of rotatable bonds is 5. The summed E-state index contributed by atoms with van der Waals surface area (Å²) in [5.74, 6) is -2.05. The van der Waals surface area contributed by atoms with Gasteiger partial charge in [0.15, 0.2) is 0 Å². The van der Waals surface area contributed by atoms with Gasteiger partial charge in [-0.1, -0.05) is 24.3 Å². The lowest BCUT2D eigenvalue weighted by atomic mass is 9.82. The summed E-state index contributed by atoms with van der Waals surface area (Å²) >= 11 is 0. The summed E-state index contributed by atoms with van der Waals surface area (Å²) in [6.45, 7) is 1.90. The standard InChI is InChI=1S/C18H21N3O5/c1-9(22)14-13-7-12(15(17(24)25)21(13)16(14)23)11-5-3-10(4-6-11)8-20-18(26)19-2/h3-6,9,13-14,22H,7-8H2,1-2H3,(H,24,25)(H2,19,20,26)/t9-,13-,14?/m1/s1. The Kier molecular flexibility index (Phi) is 4.69. The number of nitrogens with one attached hydrogen (secondary N) is 2. The Morgan fingerprint density at radius 2 is 1.96 bits per heavy atom. The molecule has 1 fully saturated rings. The van der Waals surface area contributed by atoms with Crippen LogP contribution in [0, 0.1) is 5.92 Å². The molecule has 0 spiro atoms. The fraction of sp³-hybridized carbons (Fsp3) is 0.389. The van der Waals surface area contributed by atoms with Gasteiger partial charge in [0.25, 0.3) is 0 Å². The number of β-lactam (4-membered cyclic amide) rings is 1. The van der Waals surface area contributed by atoms with Crippen LogP contribution in [0.2, 0.25) is 0 Å². The maximum absolute atomic E-state index is 12.2. The minimum absolute atomic E-state index is 0.00636. The molecule has 4 N–H and O–H groups in total. The van der Waals surface area contributed by atoms with Crippen molar-refractivity contribution in [1.82, 2.24) is 15.5 Å². The predicted octanol–water partition coefficient (Wildman–Crippen LogP) is 0.523. The maximum Gasteiger partial charge on any atom is 0.352 e. The number of hydrogen-bond acceptors (Lipinski definition) is 4. The normalized spacial score (nSPS) is 22.6. The molecule has 0 aliphatic carbocycles. The monoisotopic (exact) mass is 359 g/mol. The third kappa shape index (κ3) is 2.92. The molecule has 1 aromatic carbocycles. The van der Waals surface area contributed by atoms with Crippen LogP contribution < -0.4 is 10.6 Å². The molecule has 2 heterocycles. The zero-order chi connectivity index (χ0) is 19.0. The lowest BCUT2D eigenvalue weighted by molar-refractivity contribution is -0.161. The molecule has 26 heavy (non-hydrogen) atoms. The number of carbonyl (C=O) groups is 3. The van der Waals surface area contributed by atoms with Gasteiger partial charge in [-0.15, -0.1) is 0 Å². The van der Waals surface area contributed by atoms with Crippen LogP contribution in [0.15, 0.2) is 30.0 Å². The molecule has 8 nitrogen and oxygen atoms in total. The number of benzene rings is 1. The molecular formula is C18H21N3O5. The van der Waals surface area contributed by atoms with E-state index in [0.29, 0.717) is 18.5 Å². The van der Waals surface area contributed by atoms with E-state index < -0.39 is 18.0 Å². The Morgan fingerprint density at radius 1 is 1.31 bits per heavy atom. The van der Waals surface area contributed by atoms with Gasteiger partial charge >= 0.3 is 12.0 Å². The largest absolute Gasteiger partial charge is 0.477 e. The first kappa shape index (κ1) is 17.9. The number of aliphatic carboxylic acids is 1. The molecule has 3 amide bonds. The Morgan fingerprint density at radius 3 is 2.50 bits per heavy atom. The first-order valence-electron chi connectivity index (χ1n) is 8.37. The summed E-state index contributed by atoms with van der Waals surface area (Å²) in [5, 5.41) is 24.5. The van der Waals surface area contributed by atoms with Gasteiger partial charge in [0.1, 0.15) is 5.70 Å². The van der Waals surface area contributed by atoms with Gasteiger partial charge in [0.2, 0.25) is 5.91 Å². The number of aliphatic hydroxyl groups is 1. The van der Waals surface area contributed by atoms with Gasteiger partial charge in [0.05, 0.1) is 18.1 Å². The summed E-state index contributed by atoms with van der Waals surface area (Å²) < 4.78 is 0. The molecule has 1 saturated heterocycles. The van der Waals surface area contributed by atoms with Gasteiger partial charge < -0.3 is 25.7 Å². The molecule has 0 radical (unpaired) electrons. The number of amides is 3. The third-order valence-electron chi connectivity index (χ3n) is 4.91.